The molecule has 0 aromatic carbocycles. The van der Waals surface area contributed by atoms with Crippen molar-refractivity contribution < 1.29 is 19.0 Å². The van der Waals surface area contributed by atoms with Gasteiger partial charge in [-0.15, -0.1) is 0 Å². The monoisotopic (exact) mass is 356 g/mol. The highest BCUT2D eigenvalue weighted by Crippen LogP contribution is 2.38. The molecule has 0 aromatic heterocycles. The molecule has 0 spiro atoms. The quantitative estimate of drug-likeness (QED) is 0.509. The molecule has 0 fully saturated rings. The van der Waals surface area contributed by atoms with E-state index in [0.717, 1.165) is 6.42 Å². The fourth-order valence-corrected chi connectivity index (χ4v) is 3.89. The van der Waals surface area contributed by atoms with Crippen LogP contribution in [0.5, 0.6) is 0 Å². The number of rotatable bonds is 8. The highest BCUT2D eigenvalue weighted by Gasteiger charge is 2.40. The lowest BCUT2D eigenvalue weighted by Gasteiger charge is -2.41. The van der Waals surface area contributed by atoms with Crippen molar-refractivity contribution >= 4 is 8.32 Å². The van der Waals surface area contributed by atoms with Gasteiger partial charge in [0.1, 0.15) is 6.10 Å². The molecular weight excluding hydrogens is 320 g/mol. The standard InChI is InChI=1S/C19H36O4Si/c1-8-18(23-24(6,7)19(3,4)5)15(2)17(20)11-9-10-16-12-13-21-14-22-16/h9-10,12-13,15-18,20H,8,11,14H2,1-7H3/b10-9+/t15-,16?,17+,18-/m0/s1. The number of hydrogen-bond acceptors (Lipinski definition) is 4. The molecule has 4 nitrogen and oxygen atoms in total. The third kappa shape index (κ3) is 6.35. The minimum Gasteiger partial charge on any atom is -0.475 e. The summed E-state index contributed by atoms with van der Waals surface area (Å²) in [5, 5.41) is 10.7. The summed E-state index contributed by atoms with van der Waals surface area (Å²) in [6.45, 7) is 15.8. The van der Waals surface area contributed by atoms with E-state index in [1.807, 2.05) is 18.2 Å². The molecule has 0 amide bonds. The third-order valence-electron chi connectivity index (χ3n) is 5.24. The summed E-state index contributed by atoms with van der Waals surface area (Å²) in [7, 11) is -1.83. The molecule has 0 saturated heterocycles. The Hall–Kier alpha value is -0.623. The number of hydrogen-bond donors (Lipinski definition) is 1. The SMILES string of the molecule is CC[C@H](O[Si](C)(C)C(C)(C)C)[C@@H](C)[C@H](O)C/C=C/C1C=COCO1. The van der Waals surface area contributed by atoms with Crippen LogP contribution in [-0.2, 0) is 13.9 Å². The predicted octanol–water partition coefficient (Wildman–Crippen LogP) is 4.62. The molecule has 0 radical (unpaired) electrons. The lowest BCUT2D eigenvalue weighted by Crippen LogP contribution is -2.46. The van der Waals surface area contributed by atoms with Gasteiger partial charge in [0.15, 0.2) is 15.1 Å². The summed E-state index contributed by atoms with van der Waals surface area (Å²) >= 11 is 0. The smallest absolute Gasteiger partial charge is 0.192 e. The van der Waals surface area contributed by atoms with Gasteiger partial charge >= 0.3 is 0 Å². The van der Waals surface area contributed by atoms with Gasteiger partial charge in [-0.1, -0.05) is 46.8 Å². The Morgan fingerprint density at radius 2 is 2.04 bits per heavy atom. The number of aliphatic hydroxyl groups excluding tert-OH is 1. The Bertz CT molecular complexity index is 426. The van der Waals surface area contributed by atoms with Crippen molar-refractivity contribution in [2.45, 2.75) is 83.9 Å². The topological polar surface area (TPSA) is 47.9 Å². The molecule has 0 aliphatic carbocycles. The second-order valence-corrected chi connectivity index (χ2v) is 12.9. The summed E-state index contributed by atoms with van der Waals surface area (Å²) in [6, 6.07) is 0. The number of aliphatic hydroxyl groups is 1. The molecule has 0 aromatic rings. The highest BCUT2D eigenvalue weighted by molar-refractivity contribution is 6.74. The molecule has 1 aliphatic heterocycles. The summed E-state index contributed by atoms with van der Waals surface area (Å²) in [5.41, 5.74) is 0. The van der Waals surface area contributed by atoms with Gasteiger partial charge in [0.05, 0.1) is 12.4 Å². The van der Waals surface area contributed by atoms with Gasteiger partial charge in [-0.05, 0) is 37.0 Å². The van der Waals surface area contributed by atoms with Crippen LogP contribution < -0.4 is 0 Å². The van der Waals surface area contributed by atoms with Crippen molar-refractivity contribution in [2.75, 3.05) is 6.79 Å². The first-order valence-corrected chi connectivity index (χ1v) is 11.9. The molecule has 1 aliphatic rings. The lowest BCUT2D eigenvalue weighted by atomic mass is 9.94. The van der Waals surface area contributed by atoms with Crippen LogP contribution in [0.2, 0.25) is 18.1 Å². The van der Waals surface area contributed by atoms with Gasteiger partial charge in [-0.3, -0.25) is 0 Å². The summed E-state index contributed by atoms with van der Waals surface area (Å²) < 4.78 is 16.9. The molecule has 0 bridgehead atoms. The zero-order valence-corrected chi connectivity index (χ0v) is 17.4. The van der Waals surface area contributed by atoms with E-state index in [9.17, 15) is 5.11 Å². The van der Waals surface area contributed by atoms with Crippen molar-refractivity contribution in [3.63, 3.8) is 0 Å². The van der Waals surface area contributed by atoms with E-state index in [1.165, 1.54) is 0 Å². The molecular formula is C19H36O4Si. The first kappa shape index (κ1) is 21.4. The van der Waals surface area contributed by atoms with Crippen LogP contribution in [-0.4, -0.2) is 38.5 Å². The molecule has 1 heterocycles. The van der Waals surface area contributed by atoms with Crippen LogP contribution in [0.3, 0.4) is 0 Å². The highest BCUT2D eigenvalue weighted by atomic mass is 28.4. The fourth-order valence-electron chi connectivity index (χ4n) is 2.40. The predicted molar refractivity (Wildman–Crippen MR) is 101 cm³/mol. The van der Waals surface area contributed by atoms with E-state index in [0.29, 0.717) is 6.42 Å². The van der Waals surface area contributed by atoms with Crippen LogP contribution in [0.15, 0.2) is 24.5 Å². The Morgan fingerprint density at radius 1 is 1.38 bits per heavy atom. The van der Waals surface area contributed by atoms with Crippen molar-refractivity contribution in [2.24, 2.45) is 5.92 Å². The van der Waals surface area contributed by atoms with Crippen LogP contribution in [0.25, 0.3) is 0 Å². The van der Waals surface area contributed by atoms with Crippen molar-refractivity contribution in [3.05, 3.63) is 24.5 Å². The van der Waals surface area contributed by atoms with E-state index in [-0.39, 0.29) is 30.0 Å². The normalized spacial score (nSPS) is 23.1. The van der Waals surface area contributed by atoms with Crippen LogP contribution in [0.1, 0.15) is 47.5 Å². The van der Waals surface area contributed by atoms with Gasteiger partial charge in [-0.2, -0.15) is 0 Å². The van der Waals surface area contributed by atoms with Gasteiger partial charge in [0.2, 0.25) is 0 Å². The average molecular weight is 357 g/mol. The minimum atomic E-state index is -1.83. The van der Waals surface area contributed by atoms with E-state index >= 15 is 0 Å². The van der Waals surface area contributed by atoms with Gasteiger partial charge in [0.25, 0.3) is 0 Å². The largest absolute Gasteiger partial charge is 0.475 e. The Balaban J connectivity index is 2.57. The van der Waals surface area contributed by atoms with Gasteiger partial charge in [-0.25, -0.2) is 0 Å². The Labute approximate surface area is 149 Å². The first-order chi connectivity index (χ1) is 11.1. The average Bonchev–Trinajstić information content (AvgIpc) is 2.51. The zero-order valence-electron chi connectivity index (χ0n) is 16.4. The third-order valence-corrected chi connectivity index (χ3v) is 9.75. The molecule has 1 rings (SSSR count). The van der Waals surface area contributed by atoms with E-state index in [1.54, 1.807) is 6.26 Å². The molecule has 5 heteroatoms. The maximum absolute atomic E-state index is 10.5. The van der Waals surface area contributed by atoms with Crippen LogP contribution >= 0.6 is 0 Å². The van der Waals surface area contributed by atoms with E-state index < -0.39 is 14.4 Å². The second kappa shape index (κ2) is 9.18. The van der Waals surface area contributed by atoms with Gasteiger partial charge in [0, 0.05) is 12.0 Å². The van der Waals surface area contributed by atoms with Crippen molar-refractivity contribution in [1.29, 1.82) is 0 Å². The Morgan fingerprint density at radius 3 is 2.54 bits per heavy atom. The van der Waals surface area contributed by atoms with E-state index in [4.69, 9.17) is 13.9 Å². The lowest BCUT2D eigenvalue weighted by molar-refractivity contribution is -0.0410. The summed E-state index contributed by atoms with van der Waals surface area (Å²) in [5.74, 6) is 0.0972. The maximum Gasteiger partial charge on any atom is 0.192 e. The molecule has 4 atom stereocenters. The second-order valence-electron chi connectivity index (χ2n) is 8.16. The molecule has 1 unspecified atom stereocenters. The fraction of sp³-hybridized carbons (Fsp3) is 0.789. The van der Waals surface area contributed by atoms with Crippen molar-refractivity contribution in [1.82, 2.24) is 0 Å². The Kier molecular flexibility index (Phi) is 8.19. The number of ether oxygens (including phenoxy) is 2. The summed E-state index contributed by atoms with van der Waals surface area (Å²) in [4.78, 5) is 0. The summed E-state index contributed by atoms with van der Waals surface area (Å²) in [6.07, 6.45) is 8.58. The zero-order chi connectivity index (χ0) is 18.4. The van der Waals surface area contributed by atoms with Crippen LogP contribution in [0.4, 0.5) is 0 Å². The van der Waals surface area contributed by atoms with Crippen molar-refractivity contribution in [3.8, 4) is 0 Å². The van der Waals surface area contributed by atoms with E-state index in [2.05, 4.69) is 47.7 Å². The molecule has 140 valence electrons. The minimum absolute atomic E-state index is 0.0632. The molecule has 0 saturated carbocycles. The maximum atomic E-state index is 10.5. The first-order valence-electron chi connectivity index (χ1n) is 9.01. The van der Waals surface area contributed by atoms with Gasteiger partial charge < -0.3 is 19.0 Å². The molecule has 1 N–H and O–H groups in total. The molecule has 24 heavy (non-hydrogen) atoms. The van der Waals surface area contributed by atoms with Crippen LogP contribution in [0, 0.1) is 5.92 Å².